The van der Waals surface area contributed by atoms with E-state index < -0.39 is 21.7 Å². The first kappa shape index (κ1) is 24.4. The molecule has 0 radical (unpaired) electrons. The molecule has 3 rings (SSSR count). The predicted octanol–water partition coefficient (Wildman–Crippen LogP) is 3.09. The Morgan fingerprint density at radius 3 is 2.44 bits per heavy atom. The molecule has 32 heavy (non-hydrogen) atoms. The molecule has 1 aliphatic rings. The number of thioether (sulfide) groups is 1. The summed E-state index contributed by atoms with van der Waals surface area (Å²) >= 11 is 1.00. The molecule has 0 saturated carbocycles. The molecule has 10 heteroatoms. The summed E-state index contributed by atoms with van der Waals surface area (Å²) in [6.07, 6.45) is 0. The Kier molecular flexibility index (Phi) is 8.05. The van der Waals surface area contributed by atoms with Gasteiger partial charge in [-0.15, -0.1) is 11.8 Å². The number of hydrogen-bond acceptors (Lipinski definition) is 6. The second-order valence-electron chi connectivity index (χ2n) is 7.40. The Morgan fingerprint density at radius 2 is 1.81 bits per heavy atom. The van der Waals surface area contributed by atoms with E-state index in [2.05, 4.69) is 10.2 Å². The highest BCUT2D eigenvalue weighted by Crippen LogP contribution is 2.24. The van der Waals surface area contributed by atoms with Gasteiger partial charge in [0.05, 0.1) is 10.6 Å². The van der Waals surface area contributed by atoms with Crippen molar-refractivity contribution < 1.29 is 22.4 Å². The van der Waals surface area contributed by atoms with Crippen molar-refractivity contribution in [2.45, 2.75) is 23.6 Å². The van der Waals surface area contributed by atoms with Crippen molar-refractivity contribution in [1.82, 2.24) is 9.21 Å². The zero-order valence-electron chi connectivity index (χ0n) is 18.0. The molecule has 1 N–H and O–H groups in total. The number of nitrogens with one attached hydrogen (secondary N) is 1. The normalized spacial score (nSPS) is 15.5. The number of anilines is 1. The lowest BCUT2D eigenvalue weighted by Gasteiger charge is -2.33. The predicted molar refractivity (Wildman–Crippen MR) is 123 cm³/mol. The van der Waals surface area contributed by atoms with E-state index in [1.165, 1.54) is 35.5 Å². The van der Waals surface area contributed by atoms with Gasteiger partial charge in [0, 0.05) is 42.3 Å². The van der Waals surface area contributed by atoms with Gasteiger partial charge in [0.25, 0.3) is 0 Å². The maximum absolute atomic E-state index is 14.1. The van der Waals surface area contributed by atoms with Gasteiger partial charge in [0.1, 0.15) is 5.82 Å². The number of carbonyl (C=O) groups excluding carboxylic acids is 2. The molecule has 0 atom stereocenters. The van der Waals surface area contributed by atoms with E-state index in [9.17, 15) is 22.4 Å². The third-order valence-electron chi connectivity index (χ3n) is 5.23. The minimum Gasteiger partial charge on any atom is -0.325 e. The number of piperazine rings is 1. The Morgan fingerprint density at radius 1 is 1.09 bits per heavy atom. The lowest BCUT2D eigenvalue weighted by molar-refractivity contribution is -0.113. The van der Waals surface area contributed by atoms with Crippen LogP contribution >= 0.6 is 11.8 Å². The summed E-state index contributed by atoms with van der Waals surface area (Å²) in [5, 5.41) is 2.67. The molecule has 1 saturated heterocycles. The summed E-state index contributed by atoms with van der Waals surface area (Å²) in [5.74, 6) is -1.25. The molecular weight excluding hydrogens is 453 g/mol. The summed E-state index contributed by atoms with van der Waals surface area (Å²) in [4.78, 5) is 26.2. The van der Waals surface area contributed by atoms with Gasteiger partial charge in [-0.1, -0.05) is 19.1 Å². The number of nitrogens with zero attached hydrogens (tertiary/aromatic N) is 2. The summed E-state index contributed by atoms with van der Waals surface area (Å²) in [5.41, 5.74) is 0.627. The van der Waals surface area contributed by atoms with Crippen molar-refractivity contribution in [3.63, 3.8) is 0 Å². The summed E-state index contributed by atoms with van der Waals surface area (Å²) < 4.78 is 41.5. The van der Waals surface area contributed by atoms with Gasteiger partial charge in [0.15, 0.2) is 5.78 Å². The second-order valence-corrected chi connectivity index (χ2v) is 10.4. The van der Waals surface area contributed by atoms with Crippen LogP contribution in [0.25, 0.3) is 0 Å². The molecule has 2 aromatic carbocycles. The number of amides is 1. The molecule has 1 amide bonds. The van der Waals surface area contributed by atoms with Gasteiger partial charge in [-0.2, -0.15) is 4.31 Å². The standard InChI is InChI=1S/C22H26FN3O4S2/c1-3-25-9-11-26(12-10-25)32(29,30)19-6-4-5-18(14-19)24-22(28)15-31-21-8-7-17(16(2)27)13-20(21)23/h4-8,13-14H,3,9-12,15H2,1-2H3,(H,24,28). The first-order valence-electron chi connectivity index (χ1n) is 10.3. The van der Waals surface area contributed by atoms with Crippen LogP contribution in [-0.4, -0.2) is 67.8 Å². The third-order valence-corrected chi connectivity index (χ3v) is 8.17. The number of rotatable bonds is 8. The molecule has 7 nitrogen and oxygen atoms in total. The Labute approximate surface area is 192 Å². The molecule has 0 spiro atoms. The van der Waals surface area contributed by atoms with Crippen molar-refractivity contribution in [2.75, 3.05) is 43.8 Å². The molecule has 1 aliphatic heterocycles. The van der Waals surface area contributed by atoms with Crippen LogP contribution in [0.1, 0.15) is 24.2 Å². The first-order chi connectivity index (χ1) is 15.2. The van der Waals surface area contributed by atoms with Crippen molar-refractivity contribution >= 4 is 39.2 Å². The van der Waals surface area contributed by atoms with Gasteiger partial charge < -0.3 is 10.2 Å². The smallest absolute Gasteiger partial charge is 0.243 e. The van der Waals surface area contributed by atoms with Gasteiger partial charge in [-0.3, -0.25) is 9.59 Å². The van der Waals surface area contributed by atoms with E-state index in [4.69, 9.17) is 0 Å². The van der Waals surface area contributed by atoms with Crippen LogP contribution in [0.2, 0.25) is 0 Å². The van der Waals surface area contributed by atoms with Gasteiger partial charge in [-0.25, -0.2) is 12.8 Å². The number of sulfonamides is 1. The minimum atomic E-state index is -3.65. The molecule has 1 heterocycles. The minimum absolute atomic E-state index is 0.0632. The van der Waals surface area contributed by atoms with Crippen molar-refractivity contribution in [3.8, 4) is 0 Å². The van der Waals surface area contributed by atoms with Crippen LogP contribution in [0.5, 0.6) is 0 Å². The highest BCUT2D eigenvalue weighted by atomic mass is 32.2. The van der Waals surface area contributed by atoms with Crippen LogP contribution in [0, 0.1) is 5.82 Å². The molecule has 0 aliphatic carbocycles. The molecule has 1 fully saturated rings. The quantitative estimate of drug-likeness (QED) is 0.463. The number of likely N-dealkylation sites (N-methyl/N-ethyl adjacent to an activating group) is 1. The van der Waals surface area contributed by atoms with E-state index in [1.807, 2.05) is 6.92 Å². The molecular formula is C22H26FN3O4S2. The first-order valence-corrected chi connectivity index (χ1v) is 12.7. The Balaban J connectivity index is 1.62. The fourth-order valence-corrected chi connectivity index (χ4v) is 5.54. The largest absolute Gasteiger partial charge is 0.325 e. The Hall–Kier alpha value is -2.27. The number of benzene rings is 2. The number of Topliss-reactive ketones (excluding diaryl/α,β-unsaturated/α-hetero) is 1. The molecule has 0 unspecified atom stereocenters. The molecule has 2 aromatic rings. The van der Waals surface area contributed by atoms with Crippen LogP contribution in [-0.2, 0) is 14.8 Å². The van der Waals surface area contributed by atoms with E-state index in [1.54, 1.807) is 12.1 Å². The SMILES string of the molecule is CCN1CCN(S(=O)(=O)c2cccc(NC(=O)CSc3ccc(C(C)=O)cc3F)c2)CC1. The molecule has 0 aromatic heterocycles. The zero-order valence-corrected chi connectivity index (χ0v) is 19.6. The number of carbonyl (C=O) groups is 2. The highest BCUT2D eigenvalue weighted by molar-refractivity contribution is 8.00. The van der Waals surface area contributed by atoms with Crippen molar-refractivity contribution in [3.05, 3.63) is 53.8 Å². The second kappa shape index (κ2) is 10.6. The van der Waals surface area contributed by atoms with Crippen LogP contribution in [0.15, 0.2) is 52.3 Å². The topological polar surface area (TPSA) is 86.8 Å². The maximum atomic E-state index is 14.1. The molecule has 172 valence electrons. The maximum Gasteiger partial charge on any atom is 0.243 e. The lowest BCUT2D eigenvalue weighted by atomic mass is 10.1. The highest BCUT2D eigenvalue weighted by Gasteiger charge is 2.28. The fraction of sp³-hybridized carbons (Fsp3) is 0.364. The van der Waals surface area contributed by atoms with Crippen LogP contribution < -0.4 is 5.32 Å². The third kappa shape index (κ3) is 5.94. The molecule has 0 bridgehead atoms. The van der Waals surface area contributed by atoms with Gasteiger partial charge in [-0.05, 0) is 43.8 Å². The van der Waals surface area contributed by atoms with Crippen LogP contribution in [0.4, 0.5) is 10.1 Å². The Bertz CT molecular complexity index is 1100. The van der Waals surface area contributed by atoms with Gasteiger partial charge >= 0.3 is 0 Å². The van der Waals surface area contributed by atoms with Crippen LogP contribution in [0.3, 0.4) is 0 Å². The fourth-order valence-electron chi connectivity index (χ4n) is 3.35. The number of ketones is 1. The summed E-state index contributed by atoms with van der Waals surface area (Å²) in [6.45, 7) is 6.52. The monoisotopic (exact) mass is 479 g/mol. The average Bonchev–Trinajstić information content (AvgIpc) is 2.78. The van der Waals surface area contributed by atoms with E-state index in [-0.39, 0.29) is 26.9 Å². The van der Waals surface area contributed by atoms with Crippen molar-refractivity contribution in [1.29, 1.82) is 0 Å². The van der Waals surface area contributed by atoms with E-state index >= 15 is 0 Å². The summed E-state index contributed by atoms with van der Waals surface area (Å²) in [6, 6.07) is 10.3. The van der Waals surface area contributed by atoms with Gasteiger partial charge in [0.2, 0.25) is 15.9 Å². The number of hydrogen-bond donors (Lipinski definition) is 1. The van der Waals surface area contributed by atoms with E-state index in [0.717, 1.165) is 24.4 Å². The number of halogens is 1. The van der Waals surface area contributed by atoms with Crippen molar-refractivity contribution in [2.24, 2.45) is 0 Å². The lowest BCUT2D eigenvalue weighted by Crippen LogP contribution is -2.48. The zero-order chi connectivity index (χ0) is 23.3. The summed E-state index contributed by atoms with van der Waals surface area (Å²) in [7, 11) is -3.65. The average molecular weight is 480 g/mol. The van der Waals surface area contributed by atoms with E-state index in [0.29, 0.717) is 31.9 Å².